The Kier molecular flexibility index (Phi) is 3.88. The fraction of sp³-hybridized carbons (Fsp3) is 0.412. The third-order valence-electron chi connectivity index (χ3n) is 4.18. The average Bonchev–Trinajstić information content (AvgIpc) is 2.92. The molecule has 0 spiro atoms. The van der Waals surface area contributed by atoms with Crippen LogP contribution in [0.2, 0.25) is 0 Å². The first-order chi connectivity index (χ1) is 9.33. The number of phenolic OH excluding ortho intramolecular Hbond substituents is 1. The van der Waals surface area contributed by atoms with Crippen LogP contribution in [-0.4, -0.2) is 5.11 Å². The second-order valence-corrected chi connectivity index (χ2v) is 6.53. The lowest BCUT2D eigenvalue weighted by molar-refractivity contribution is 0.401. The van der Waals surface area contributed by atoms with Gasteiger partial charge in [0.2, 0.25) is 0 Å². The van der Waals surface area contributed by atoms with Crippen molar-refractivity contribution in [1.82, 2.24) is 0 Å². The summed E-state index contributed by atoms with van der Waals surface area (Å²) in [6, 6.07) is 10.3. The maximum absolute atomic E-state index is 9.85. The van der Waals surface area contributed by atoms with E-state index in [9.17, 15) is 5.11 Å². The summed E-state index contributed by atoms with van der Waals surface area (Å²) >= 11 is 1.87. The van der Waals surface area contributed by atoms with E-state index < -0.39 is 0 Å². The van der Waals surface area contributed by atoms with Gasteiger partial charge >= 0.3 is 0 Å². The molecule has 0 radical (unpaired) electrons. The molecule has 1 atom stereocenters. The second-order valence-electron chi connectivity index (χ2n) is 5.50. The average molecular weight is 272 g/mol. The predicted molar refractivity (Wildman–Crippen MR) is 80.9 cm³/mol. The predicted octanol–water partition coefficient (Wildman–Crippen LogP) is 4.58. The van der Waals surface area contributed by atoms with Gasteiger partial charge in [-0.1, -0.05) is 18.2 Å². The molecule has 1 nitrogen and oxygen atoms in total. The minimum Gasteiger partial charge on any atom is -0.508 e. The van der Waals surface area contributed by atoms with Crippen LogP contribution in [0.5, 0.6) is 5.75 Å². The highest BCUT2D eigenvalue weighted by Gasteiger charge is 2.20. The Labute approximate surface area is 118 Å². The van der Waals surface area contributed by atoms with Gasteiger partial charge in [0.15, 0.2) is 0 Å². The molecule has 1 heterocycles. The zero-order chi connectivity index (χ0) is 13.1. The van der Waals surface area contributed by atoms with Crippen LogP contribution in [0, 0.1) is 5.92 Å². The van der Waals surface area contributed by atoms with Gasteiger partial charge in [0, 0.05) is 4.88 Å². The number of aryl methyl sites for hydroxylation is 1. The summed E-state index contributed by atoms with van der Waals surface area (Å²) < 4.78 is 0. The Morgan fingerprint density at radius 3 is 3.00 bits per heavy atom. The number of fused-ring (bicyclic) bond motifs is 1. The molecule has 1 aliphatic carbocycles. The zero-order valence-corrected chi connectivity index (χ0v) is 12.0. The third kappa shape index (κ3) is 3.01. The molecule has 2 heteroatoms. The lowest BCUT2D eigenvalue weighted by atomic mass is 9.81. The summed E-state index contributed by atoms with van der Waals surface area (Å²) in [7, 11) is 0. The number of benzene rings is 1. The van der Waals surface area contributed by atoms with E-state index in [0.29, 0.717) is 5.75 Å². The van der Waals surface area contributed by atoms with Crippen LogP contribution in [0.25, 0.3) is 0 Å². The Morgan fingerprint density at radius 2 is 2.16 bits per heavy atom. The summed E-state index contributed by atoms with van der Waals surface area (Å²) in [4.78, 5) is 1.51. The highest BCUT2D eigenvalue weighted by atomic mass is 32.1. The van der Waals surface area contributed by atoms with E-state index in [0.717, 1.165) is 18.8 Å². The maximum atomic E-state index is 9.85. The van der Waals surface area contributed by atoms with Gasteiger partial charge < -0.3 is 5.11 Å². The van der Waals surface area contributed by atoms with Gasteiger partial charge in [0.25, 0.3) is 0 Å². The van der Waals surface area contributed by atoms with Crippen molar-refractivity contribution in [3.05, 3.63) is 51.7 Å². The minimum absolute atomic E-state index is 0.495. The zero-order valence-electron chi connectivity index (χ0n) is 11.1. The largest absolute Gasteiger partial charge is 0.508 e. The van der Waals surface area contributed by atoms with Crippen LogP contribution in [0.3, 0.4) is 0 Å². The SMILES string of the molecule is Oc1cccc2c1CC[C@H](CCCc1cccs1)C2. The first kappa shape index (κ1) is 12.7. The van der Waals surface area contributed by atoms with Crippen LogP contribution < -0.4 is 0 Å². The van der Waals surface area contributed by atoms with E-state index in [2.05, 4.69) is 23.6 Å². The molecular formula is C17H20OS. The van der Waals surface area contributed by atoms with Crippen LogP contribution in [0.15, 0.2) is 35.7 Å². The highest BCUT2D eigenvalue weighted by Crippen LogP contribution is 2.33. The van der Waals surface area contributed by atoms with Crippen molar-refractivity contribution in [2.45, 2.75) is 38.5 Å². The Balaban J connectivity index is 1.54. The molecule has 19 heavy (non-hydrogen) atoms. The quantitative estimate of drug-likeness (QED) is 0.863. The molecule has 1 aromatic carbocycles. The van der Waals surface area contributed by atoms with Crippen molar-refractivity contribution in [2.75, 3.05) is 0 Å². The van der Waals surface area contributed by atoms with Crippen molar-refractivity contribution in [3.8, 4) is 5.75 Å². The smallest absolute Gasteiger partial charge is 0.119 e. The molecule has 3 rings (SSSR count). The van der Waals surface area contributed by atoms with E-state index in [1.807, 2.05) is 23.5 Å². The van der Waals surface area contributed by atoms with E-state index >= 15 is 0 Å². The van der Waals surface area contributed by atoms with E-state index in [1.54, 1.807) is 0 Å². The Hall–Kier alpha value is -1.28. The summed E-state index contributed by atoms with van der Waals surface area (Å²) in [6.07, 6.45) is 7.25. The van der Waals surface area contributed by atoms with Crippen molar-refractivity contribution in [3.63, 3.8) is 0 Å². The summed E-state index contributed by atoms with van der Waals surface area (Å²) in [5.74, 6) is 1.30. The first-order valence-corrected chi connectivity index (χ1v) is 8.03. The fourth-order valence-corrected chi connectivity index (χ4v) is 3.88. The summed E-state index contributed by atoms with van der Waals surface area (Å²) in [6.45, 7) is 0. The van der Waals surface area contributed by atoms with Gasteiger partial charge in [0.05, 0.1) is 0 Å². The topological polar surface area (TPSA) is 20.2 Å². The van der Waals surface area contributed by atoms with E-state index in [1.165, 1.54) is 41.7 Å². The summed E-state index contributed by atoms with van der Waals surface area (Å²) in [5.41, 5.74) is 2.56. The molecule has 0 saturated heterocycles. The third-order valence-corrected chi connectivity index (χ3v) is 5.11. The molecule has 0 aliphatic heterocycles. The number of aromatic hydroxyl groups is 1. The van der Waals surface area contributed by atoms with Crippen molar-refractivity contribution in [1.29, 1.82) is 0 Å². The molecule has 1 aromatic heterocycles. The van der Waals surface area contributed by atoms with Crippen LogP contribution in [0.1, 0.15) is 35.3 Å². The molecule has 0 unspecified atom stereocenters. The fourth-order valence-electron chi connectivity index (χ4n) is 3.13. The summed E-state index contributed by atoms with van der Waals surface area (Å²) in [5, 5.41) is 12.0. The van der Waals surface area contributed by atoms with Crippen LogP contribution in [0.4, 0.5) is 0 Å². The van der Waals surface area contributed by atoms with Gasteiger partial charge in [-0.2, -0.15) is 0 Å². The Bertz CT molecular complexity index is 530. The lowest BCUT2D eigenvalue weighted by Crippen LogP contribution is -2.14. The number of hydrogen-bond donors (Lipinski definition) is 1. The molecule has 0 amide bonds. The standard InChI is InChI=1S/C17H20OS/c18-17-8-2-5-14-12-13(9-10-16(14)17)4-1-6-15-7-3-11-19-15/h2-3,5,7-8,11,13,18H,1,4,6,9-10,12H2/t13-/m0/s1. The maximum Gasteiger partial charge on any atom is 0.119 e. The van der Waals surface area contributed by atoms with Gasteiger partial charge in [-0.3, -0.25) is 0 Å². The molecule has 0 bridgehead atoms. The van der Waals surface area contributed by atoms with E-state index in [4.69, 9.17) is 0 Å². The van der Waals surface area contributed by atoms with E-state index in [-0.39, 0.29) is 0 Å². The monoisotopic (exact) mass is 272 g/mol. The van der Waals surface area contributed by atoms with Crippen molar-refractivity contribution in [2.24, 2.45) is 5.92 Å². The van der Waals surface area contributed by atoms with Crippen molar-refractivity contribution < 1.29 is 5.11 Å². The molecule has 1 aliphatic rings. The number of phenols is 1. The first-order valence-electron chi connectivity index (χ1n) is 7.15. The normalized spacial score (nSPS) is 18.2. The molecule has 0 saturated carbocycles. The number of rotatable bonds is 4. The number of hydrogen-bond acceptors (Lipinski definition) is 2. The van der Waals surface area contributed by atoms with Crippen LogP contribution >= 0.6 is 11.3 Å². The lowest BCUT2D eigenvalue weighted by Gasteiger charge is -2.25. The minimum atomic E-state index is 0.495. The Morgan fingerprint density at radius 1 is 1.21 bits per heavy atom. The van der Waals surface area contributed by atoms with Crippen molar-refractivity contribution >= 4 is 11.3 Å². The van der Waals surface area contributed by atoms with Gasteiger partial charge in [0.1, 0.15) is 5.75 Å². The molecule has 100 valence electrons. The number of thiophene rings is 1. The van der Waals surface area contributed by atoms with Gasteiger partial charge in [-0.25, -0.2) is 0 Å². The molecule has 0 fully saturated rings. The molecule has 2 aromatic rings. The second kappa shape index (κ2) is 5.79. The molecular weight excluding hydrogens is 252 g/mol. The highest BCUT2D eigenvalue weighted by molar-refractivity contribution is 7.09. The van der Waals surface area contributed by atoms with Gasteiger partial charge in [-0.05, 0) is 73.1 Å². The van der Waals surface area contributed by atoms with Gasteiger partial charge in [-0.15, -0.1) is 11.3 Å². The molecule has 1 N–H and O–H groups in total. The van der Waals surface area contributed by atoms with Crippen LogP contribution in [-0.2, 0) is 19.3 Å².